The van der Waals surface area contributed by atoms with Gasteiger partial charge in [-0.25, -0.2) is 8.78 Å². The minimum atomic E-state index is -2.36. The Labute approximate surface area is 377 Å². The smallest absolute Gasteiger partial charge is 0.253 e. The number of halogens is 2. The van der Waals surface area contributed by atoms with Gasteiger partial charge < -0.3 is 35.6 Å². The Kier molecular flexibility index (Phi) is 12.1. The van der Waals surface area contributed by atoms with Gasteiger partial charge in [0.25, 0.3) is 11.8 Å². The van der Waals surface area contributed by atoms with E-state index in [1.807, 2.05) is 18.2 Å². The Morgan fingerprint density at radius 2 is 1.62 bits per heavy atom. The quantitative estimate of drug-likeness (QED) is 0.182. The number of hydrogen-bond acceptors (Lipinski definition) is 12. The molecule has 65 heavy (non-hydrogen) atoms. The highest BCUT2D eigenvalue weighted by Gasteiger charge is 2.80. The number of aliphatic hydroxyl groups is 2. The summed E-state index contributed by atoms with van der Waals surface area (Å²) in [6, 6.07) is 12.2. The van der Waals surface area contributed by atoms with Gasteiger partial charge in [-0.1, -0.05) is 43.0 Å². The standard InChI is InChI=1S/C47H50F2N4O11S/c1-24(50-38(58)15-17-53-39(59)12-13-40(53)60)41(61)51-25(2)42(62)52-27-6-5-7-30(18-27)65-29-10-8-26(9-11-29)43-63-37-21-31-32-20-34(48)33-19-28(55)14-16-44(33,3)46(32,49)35(56)22-45(31,4)47(37,64-43)36(57)23-54/h5-14,16,18-19,24-25,31-32,34-35,37,43,54,56H,15,17,20-23H2,1-4H3,(H,50,58)(H,51,61)(H,52,62)/t24-,25-,31-,32-,34-,35-,37+,43+,44-,45-,46-,47+/m0/s1. The van der Waals surface area contributed by atoms with Gasteiger partial charge in [0.1, 0.15) is 24.9 Å². The van der Waals surface area contributed by atoms with Crippen molar-refractivity contribution < 1.29 is 62.0 Å². The van der Waals surface area contributed by atoms with Crippen molar-refractivity contribution in [1.29, 1.82) is 0 Å². The number of hydrogen-bond donors (Lipinski definition) is 5. The Morgan fingerprint density at radius 3 is 2.31 bits per heavy atom. The van der Waals surface area contributed by atoms with E-state index in [-0.39, 0.29) is 37.8 Å². The van der Waals surface area contributed by atoms with Crippen molar-refractivity contribution in [2.75, 3.05) is 18.5 Å². The van der Waals surface area contributed by atoms with Crippen LogP contribution in [0.1, 0.15) is 65.2 Å². The molecule has 2 aromatic carbocycles. The number of carbonyl (C=O) groups is 7. The number of amides is 5. The van der Waals surface area contributed by atoms with Crippen LogP contribution in [0.4, 0.5) is 14.5 Å². The van der Waals surface area contributed by atoms with Gasteiger partial charge in [0.05, 0.1) is 12.2 Å². The Balaban J connectivity index is 0.887. The highest BCUT2D eigenvalue weighted by molar-refractivity contribution is 7.99. The van der Waals surface area contributed by atoms with Crippen LogP contribution in [0.2, 0.25) is 0 Å². The predicted molar refractivity (Wildman–Crippen MR) is 229 cm³/mol. The fraction of sp³-hybridized carbons (Fsp3) is 0.468. The fourth-order valence-corrected chi connectivity index (χ4v) is 12.0. The van der Waals surface area contributed by atoms with E-state index in [0.717, 1.165) is 32.9 Å². The zero-order valence-corrected chi connectivity index (χ0v) is 36.9. The maximum atomic E-state index is 17.7. The first-order valence-corrected chi connectivity index (χ1v) is 22.3. The SMILES string of the molecule is C[C@H](NC(=O)CCN1C(=O)C=CC1=O)C(=O)N[C@@H](C)C(=O)Nc1cccc(Sc2ccc([C@@H]3O[C@@H]4C[C@H]5[C@@H]6C[C@H](F)C7=CC(=O)C=C[C@]7(C)[C@@]6(F)[C@@H](O)C[C@]5(C)[C@]4(C(=O)CO)O3)cc2)c1. The third-order valence-electron chi connectivity index (χ3n) is 14.4. The van der Waals surface area contributed by atoms with E-state index in [1.54, 1.807) is 37.3 Å². The summed E-state index contributed by atoms with van der Waals surface area (Å²) >= 11 is 1.38. The molecule has 5 amide bonds. The highest BCUT2D eigenvalue weighted by Crippen LogP contribution is 2.72. The molecule has 0 bridgehead atoms. The van der Waals surface area contributed by atoms with Crippen LogP contribution in [0.15, 0.2) is 94.3 Å². The molecule has 0 spiro atoms. The Morgan fingerprint density at radius 1 is 0.923 bits per heavy atom. The summed E-state index contributed by atoms with van der Waals surface area (Å²) in [5, 5.41) is 29.9. The molecule has 344 valence electrons. The van der Waals surface area contributed by atoms with Gasteiger partial charge in [-0.3, -0.25) is 38.5 Å². The maximum absolute atomic E-state index is 17.7. The number of nitrogens with one attached hydrogen (secondary N) is 3. The number of aliphatic hydroxyl groups excluding tert-OH is 2. The normalized spacial score (nSPS) is 34.2. The molecule has 4 fully saturated rings. The molecule has 0 aromatic heterocycles. The minimum Gasteiger partial charge on any atom is -0.390 e. The zero-order valence-electron chi connectivity index (χ0n) is 36.0. The second kappa shape index (κ2) is 17.1. The molecule has 2 heterocycles. The van der Waals surface area contributed by atoms with E-state index in [0.29, 0.717) is 11.3 Å². The molecule has 12 atom stereocenters. The number of rotatable bonds is 13. The van der Waals surface area contributed by atoms with Gasteiger partial charge in [-0.2, -0.15) is 0 Å². The number of alkyl halides is 2. The van der Waals surface area contributed by atoms with Crippen LogP contribution in [0.5, 0.6) is 0 Å². The van der Waals surface area contributed by atoms with Gasteiger partial charge in [-0.15, -0.1) is 0 Å². The van der Waals surface area contributed by atoms with Crippen molar-refractivity contribution in [2.45, 2.75) is 111 Å². The number of ether oxygens (including phenoxy) is 2. The van der Waals surface area contributed by atoms with Gasteiger partial charge in [0, 0.05) is 62.9 Å². The average molecular weight is 917 g/mol. The summed E-state index contributed by atoms with van der Waals surface area (Å²) in [5.41, 5.74) is -5.98. The number of fused-ring (bicyclic) bond motifs is 7. The highest BCUT2D eigenvalue weighted by atomic mass is 32.2. The zero-order chi connectivity index (χ0) is 46.8. The number of allylic oxidation sites excluding steroid dienone is 4. The van der Waals surface area contributed by atoms with E-state index in [4.69, 9.17) is 9.47 Å². The summed E-state index contributed by atoms with van der Waals surface area (Å²) in [5.74, 6) is -5.59. The van der Waals surface area contributed by atoms with Crippen LogP contribution in [-0.2, 0) is 43.0 Å². The van der Waals surface area contributed by atoms with Crippen molar-refractivity contribution in [2.24, 2.45) is 22.7 Å². The molecule has 2 aliphatic heterocycles. The summed E-state index contributed by atoms with van der Waals surface area (Å²) in [4.78, 5) is 90.2. The number of imide groups is 1. The molecule has 15 nitrogen and oxygen atoms in total. The lowest BCUT2D eigenvalue weighted by Crippen LogP contribution is -2.70. The van der Waals surface area contributed by atoms with Gasteiger partial charge in [0.15, 0.2) is 29.1 Å². The first kappa shape index (κ1) is 46.1. The number of carbonyl (C=O) groups excluding carboxylic acids is 7. The molecule has 6 aliphatic rings. The summed E-state index contributed by atoms with van der Waals surface area (Å²) in [6.45, 7) is 5.13. The molecule has 0 radical (unpaired) electrons. The van der Waals surface area contributed by atoms with E-state index < -0.39 is 118 Å². The van der Waals surface area contributed by atoms with E-state index in [2.05, 4.69) is 16.0 Å². The average Bonchev–Trinajstić information content (AvgIpc) is 3.89. The maximum Gasteiger partial charge on any atom is 0.253 e. The van der Waals surface area contributed by atoms with Crippen molar-refractivity contribution in [3.05, 3.63) is 90.0 Å². The van der Waals surface area contributed by atoms with E-state index >= 15 is 8.78 Å². The summed E-state index contributed by atoms with van der Waals surface area (Å²) < 4.78 is 46.8. The van der Waals surface area contributed by atoms with Crippen LogP contribution in [-0.4, -0.2) is 111 Å². The molecule has 4 aliphatic carbocycles. The minimum absolute atomic E-state index is 0.00479. The van der Waals surface area contributed by atoms with Crippen LogP contribution < -0.4 is 16.0 Å². The topological polar surface area (TPSA) is 218 Å². The third kappa shape index (κ3) is 7.66. The number of benzene rings is 2. The van der Waals surface area contributed by atoms with Gasteiger partial charge in [0.2, 0.25) is 17.7 Å². The largest absolute Gasteiger partial charge is 0.390 e. The van der Waals surface area contributed by atoms with Crippen LogP contribution in [0.3, 0.4) is 0 Å². The predicted octanol–water partition coefficient (Wildman–Crippen LogP) is 3.74. The monoisotopic (exact) mass is 916 g/mol. The molecule has 1 saturated heterocycles. The molecule has 8 rings (SSSR count). The van der Waals surface area contributed by atoms with Gasteiger partial charge >= 0.3 is 0 Å². The Hall–Kier alpha value is -5.40. The molecular weight excluding hydrogens is 867 g/mol. The summed E-state index contributed by atoms with van der Waals surface area (Å²) in [6.07, 6.45) is -0.0355. The van der Waals surface area contributed by atoms with Crippen molar-refractivity contribution in [3.63, 3.8) is 0 Å². The fourth-order valence-electron chi connectivity index (χ4n) is 11.1. The lowest BCUT2D eigenvalue weighted by atomic mass is 9.44. The molecule has 18 heteroatoms. The van der Waals surface area contributed by atoms with Crippen molar-refractivity contribution in [3.8, 4) is 0 Å². The van der Waals surface area contributed by atoms with E-state index in [1.165, 1.54) is 44.7 Å². The lowest BCUT2D eigenvalue weighted by molar-refractivity contribution is -0.235. The van der Waals surface area contributed by atoms with Crippen molar-refractivity contribution >= 4 is 58.6 Å². The second-order valence-corrected chi connectivity index (χ2v) is 19.3. The van der Waals surface area contributed by atoms with E-state index in [9.17, 15) is 43.8 Å². The number of ketones is 2. The molecule has 0 unspecified atom stereocenters. The van der Waals surface area contributed by atoms with Gasteiger partial charge in [-0.05, 0) is 94.0 Å². The molecule has 3 saturated carbocycles. The number of anilines is 1. The van der Waals surface area contributed by atoms with Crippen LogP contribution >= 0.6 is 11.8 Å². The lowest BCUT2D eigenvalue weighted by Gasteiger charge is -2.63. The molecule has 5 N–H and O–H groups in total. The van der Waals surface area contributed by atoms with Crippen LogP contribution in [0, 0.1) is 22.7 Å². The van der Waals surface area contributed by atoms with Crippen LogP contribution in [0.25, 0.3) is 0 Å². The first-order valence-electron chi connectivity index (χ1n) is 21.5. The van der Waals surface area contributed by atoms with Crippen molar-refractivity contribution in [1.82, 2.24) is 15.5 Å². The molecular formula is C47H50F2N4O11S. The third-order valence-corrected chi connectivity index (χ3v) is 15.4. The number of Topliss-reactive ketones (excluding diaryl/α,β-unsaturated/α-hetero) is 1. The summed E-state index contributed by atoms with van der Waals surface area (Å²) in [7, 11) is 0. The first-order chi connectivity index (χ1) is 30.7. The Bertz CT molecular complexity index is 2430. The molecule has 2 aromatic rings. The second-order valence-electron chi connectivity index (χ2n) is 18.1. The number of nitrogens with zero attached hydrogens (tertiary/aromatic N) is 1.